The monoisotopic (exact) mass is 694 g/mol. The van der Waals surface area contributed by atoms with Crippen molar-refractivity contribution in [1.82, 2.24) is 20.0 Å². The van der Waals surface area contributed by atoms with Crippen LogP contribution in [-0.2, 0) is 16.0 Å². The van der Waals surface area contributed by atoms with E-state index in [2.05, 4.69) is 17.1 Å². The molecule has 6 aliphatic rings. The number of rotatable bonds is 7. The van der Waals surface area contributed by atoms with Crippen LogP contribution < -0.4 is 5.56 Å². The number of ether oxygens (including phenoxy) is 1. The number of amides is 2. The Kier molecular flexibility index (Phi) is 8.17. The van der Waals surface area contributed by atoms with Gasteiger partial charge in [0.25, 0.3) is 11.5 Å². The number of epoxide rings is 1. The fourth-order valence-electron chi connectivity index (χ4n) is 12.3. The fourth-order valence-corrected chi connectivity index (χ4v) is 12.3. The zero-order valence-corrected chi connectivity index (χ0v) is 29.9. The summed E-state index contributed by atoms with van der Waals surface area (Å²) in [6.07, 6.45) is 16.2. The minimum atomic E-state index is -0.570. The fraction of sp³-hybridized carbons (Fsp3) is 0.619. The van der Waals surface area contributed by atoms with E-state index in [1.54, 1.807) is 29.2 Å². The summed E-state index contributed by atoms with van der Waals surface area (Å²) in [5, 5.41) is 8.05. The van der Waals surface area contributed by atoms with Crippen LogP contribution in [0.4, 0.5) is 4.39 Å². The summed E-state index contributed by atoms with van der Waals surface area (Å²) >= 11 is 0. The zero-order valence-electron chi connectivity index (χ0n) is 29.9. The van der Waals surface area contributed by atoms with E-state index in [9.17, 15) is 14.4 Å². The second kappa shape index (κ2) is 12.5. The molecule has 0 bridgehead atoms. The summed E-state index contributed by atoms with van der Waals surface area (Å²) in [4.78, 5) is 42.6. The molecule has 0 radical (unpaired) electrons. The lowest BCUT2D eigenvalue weighted by atomic mass is 9.47. The van der Waals surface area contributed by atoms with Gasteiger partial charge in [-0.05, 0) is 117 Å². The van der Waals surface area contributed by atoms with Crippen molar-refractivity contribution in [2.75, 3.05) is 26.2 Å². The van der Waals surface area contributed by atoms with Crippen molar-refractivity contribution >= 4 is 22.6 Å². The van der Waals surface area contributed by atoms with Gasteiger partial charge in [-0.3, -0.25) is 14.4 Å². The van der Waals surface area contributed by atoms with E-state index < -0.39 is 5.82 Å². The molecule has 270 valence electrons. The first kappa shape index (κ1) is 33.3. The molecule has 2 amide bonds. The number of halogens is 1. The van der Waals surface area contributed by atoms with E-state index >= 15 is 4.39 Å². The Hall–Kier alpha value is -3.59. The summed E-state index contributed by atoms with van der Waals surface area (Å²) in [5.74, 6) is 2.55. The highest BCUT2D eigenvalue weighted by Gasteiger charge is 2.78. The van der Waals surface area contributed by atoms with Gasteiger partial charge in [0.2, 0.25) is 5.91 Å². The average Bonchev–Trinajstić information content (AvgIpc) is 3.66. The van der Waals surface area contributed by atoms with Crippen LogP contribution in [0.15, 0.2) is 47.3 Å². The van der Waals surface area contributed by atoms with Gasteiger partial charge in [-0.15, -0.1) is 0 Å². The van der Waals surface area contributed by atoms with Crippen LogP contribution in [0.3, 0.4) is 0 Å². The Morgan fingerprint density at radius 1 is 0.922 bits per heavy atom. The first-order valence-electron chi connectivity index (χ1n) is 19.7. The highest BCUT2D eigenvalue weighted by molar-refractivity contribution is 5.95. The van der Waals surface area contributed by atoms with Crippen LogP contribution in [0.1, 0.15) is 112 Å². The molecule has 2 aromatic carbocycles. The number of H-pyrrole nitrogens is 1. The summed E-state index contributed by atoms with van der Waals surface area (Å²) in [6.45, 7) is 4.29. The van der Waals surface area contributed by atoms with Gasteiger partial charge in [0.05, 0.1) is 22.2 Å². The molecule has 3 unspecified atom stereocenters. The van der Waals surface area contributed by atoms with Crippen LogP contribution in [0.2, 0.25) is 0 Å². The molecule has 4 saturated carbocycles. The van der Waals surface area contributed by atoms with Gasteiger partial charge >= 0.3 is 0 Å². The summed E-state index contributed by atoms with van der Waals surface area (Å²) in [5.41, 5.74) is 1.76. The standard InChI is InChI=1S/C42H51FN4O4/c1-40-17-5-4-7-28(40)12-13-31-33(40)16-20-42-34(31)15-19-41(42,51-42)18-6-10-37(48)46-21-23-47(24-22-46)39(50)32-25-27(11-14-35(32)43)26-36-29-8-2-3-9-30(29)38(49)45-44-36/h2-3,8-9,11,14,25,28,31,33-34H,4-7,10,12-13,15-24,26H2,1H3,(H,45,49)/t28?,31-,33?,34?,40+,41+,42-/m1/s1. The number of nitrogens with one attached hydrogen (secondary N) is 1. The second-order valence-corrected chi connectivity index (χ2v) is 17.0. The smallest absolute Gasteiger partial charge is 0.272 e. The van der Waals surface area contributed by atoms with Crippen LogP contribution in [0.5, 0.6) is 0 Å². The van der Waals surface area contributed by atoms with E-state index in [0.29, 0.717) is 61.4 Å². The van der Waals surface area contributed by atoms with Gasteiger partial charge in [-0.2, -0.15) is 5.10 Å². The third-order valence-corrected chi connectivity index (χ3v) is 14.9. The number of piperazine rings is 1. The number of nitrogens with zero attached hydrogens (tertiary/aromatic N) is 3. The van der Waals surface area contributed by atoms with E-state index in [1.165, 1.54) is 63.9 Å². The van der Waals surface area contributed by atoms with Crippen molar-refractivity contribution in [3.63, 3.8) is 0 Å². The molecule has 51 heavy (non-hydrogen) atoms. The average molecular weight is 695 g/mol. The maximum atomic E-state index is 15.0. The summed E-state index contributed by atoms with van der Waals surface area (Å²) in [7, 11) is 0. The van der Waals surface area contributed by atoms with E-state index in [1.807, 2.05) is 17.0 Å². The molecule has 1 N–H and O–H groups in total. The zero-order chi connectivity index (χ0) is 35.0. The SMILES string of the molecule is C[C@]12CCCCC1CC[C@@H]1C2CC[C@]23O[C@@]2(CCCC(=O)N2CCN(C(=O)c4cc(Cc5n[nH]c(=O)c6ccccc56)ccc4F)CC2)CCC13. The van der Waals surface area contributed by atoms with Crippen molar-refractivity contribution in [2.45, 2.75) is 108 Å². The van der Waals surface area contributed by atoms with Gasteiger partial charge in [0.1, 0.15) is 11.4 Å². The minimum Gasteiger partial charge on any atom is -0.362 e. The van der Waals surface area contributed by atoms with E-state index in [0.717, 1.165) is 48.0 Å². The first-order chi connectivity index (χ1) is 24.7. The number of aromatic nitrogens is 2. The number of carbonyl (C=O) groups excluding carboxylic acids is 2. The molecule has 2 saturated heterocycles. The maximum Gasteiger partial charge on any atom is 0.272 e. The van der Waals surface area contributed by atoms with Crippen LogP contribution in [0.25, 0.3) is 10.8 Å². The van der Waals surface area contributed by atoms with Crippen molar-refractivity contribution in [3.05, 3.63) is 75.5 Å². The Balaban J connectivity index is 0.777. The van der Waals surface area contributed by atoms with Gasteiger partial charge < -0.3 is 14.5 Å². The quantitative estimate of drug-likeness (QED) is 0.268. The summed E-state index contributed by atoms with van der Waals surface area (Å²) in [6, 6.07) is 11.8. The second-order valence-electron chi connectivity index (χ2n) is 17.0. The van der Waals surface area contributed by atoms with Gasteiger partial charge in [-0.1, -0.05) is 44.0 Å². The normalized spacial score (nSPS) is 34.0. The molecule has 7 atom stereocenters. The number of fused-ring (bicyclic) bond motifs is 5. The van der Waals surface area contributed by atoms with Crippen molar-refractivity contribution in [3.8, 4) is 0 Å². The Morgan fingerprint density at radius 2 is 1.71 bits per heavy atom. The van der Waals surface area contributed by atoms with Gasteiger partial charge in [-0.25, -0.2) is 9.49 Å². The number of hydrogen-bond acceptors (Lipinski definition) is 5. The number of benzene rings is 2. The topological polar surface area (TPSA) is 98.9 Å². The maximum absolute atomic E-state index is 15.0. The predicted molar refractivity (Wildman–Crippen MR) is 193 cm³/mol. The van der Waals surface area contributed by atoms with Crippen LogP contribution in [0, 0.1) is 34.9 Å². The Morgan fingerprint density at radius 3 is 2.55 bits per heavy atom. The molecular weight excluding hydrogens is 643 g/mol. The Bertz CT molecular complexity index is 1920. The minimum absolute atomic E-state index is 0.00211. The molecule has 2 aliphatic heterocycles. The van der Waals surface area contributed by atoms with Crippen molar-refractivity contribution < 1.29 is 18.7 Å². The Labute approximate surface area is 299 Å². The highest BCUT2D eigenvalue weighted by atomic mass is 19.1. The first-order valence-corrected chi connectivity index (χ1v) is 19.7. The molecule has 1 spiro atoms. The van der Waals surface area contributed by atoms with Crippen LogP contribution in [-0.4, -0.2) is 69.2 Å². The molecule has 8 nitrogen and oxygen atoms in total. The predicted octanol–water partition coefficient (Wildman–Crippen LogP) is 7.04. The number of aromatic amines is 1. The van der Waals surface area contributed by atoms with Crippen molar-refractivity contribution in [2.24, 2.45) is 29.1 Å². The van der Waals surface area contributed by atoms with Crippen LogP contribution >= 0.6 is 0 Å². The third kappa shape index (κ3) is 5.38. The molecule has 6 fully saturated rings. The highest BCUT2D eigenvalue weighted by Crippen LogP contribution is 2.74. The third-order valence-electron chi connectivity index (χ3n) is 14.9. The molecular formula is C42H51FN4O4. The number of hydrogen-bond donors (Lipinski definition) is 1. The molecule has 3 heterocycles. The van der Waals surface area contributed by atoms with Gasteiger partial charge in [0, 0.05) is 44.4 Å². The van der Waals surface area contributed by atoms with Crippen molar-refractivity contribution in [1.29, 1.82) is 0 Å². The summed E-state index contributed by atoms with van der Waals surface area (Å²) < 4.78 is 21.8. The lowest BCUT2D eigenvalue weighted by Crippen LogP contribution is -2.52. The molecule has 4 aliphatic carbocycles. The number of carbonyl (C=O) groups is 2. The van der Waals surface area contributed by atoms with E-state index in [-0.39, 0.29) is 34.1 Å². The van der Waals surface area contributed by atoms with E-state index in [4.69, 9.17) is 4.74 Å². The lowest BCUT2D eigenvalue weighted by Gasteiger charge is -2.58. The molecule has 9 rings (SSSR count). The molecule has 9 heteroatoms. The lowest BCUT2D eigenvalue weighted by molar-refractivity contribution is -0.132. The van der Waals surface area contributed by atoms with Gasteiger partial charge in [0.15, 0.2) is 0 Å². The molecule has 3 aromatic rings. The molecule has 1 aromatic heterocycles. The largest absolute Gasteiger partial charge is 0.362 e.